The van der Waals surface area contributed by atoms with Crippen LogP contribution in [0.25, 0.3) is 10.1 Å². The van der Waals surface area contributed by atoms with Gasteiger partial charge in [-0.2, -0.15) is 0 Å². The minimum absolute atomic E-state index is 0.229. The van der Waals surface area contributed by atoms with Gasteiger partial charge in [0.2, 0.25) is 0 Å². The Morgan fingerprint density at radius 2 is 2.25 bits per heavy atom. The maximum atomic E-state index is 12.1. The highest BCUT2D eigenvalue weighted by Crippen LogP contribution is 2.35. The number of nitrogens with one attached hydrogen (secondary N) is 1. The molecule has 0 aliphatic rings. The van der Waals surface area contributed by atoms with Gasteiger partial charge in [-0.15, -0.1) is 11.3 Å². The van der Waals surface area contributed by atoms with Crippen LogP contribution in [0.2, 0.25) is 0 Å². The van der Waals surface area contributed by atoms with E-state index >= 15 is 0 Å². The van der Waals surface area contributed by atoms with Crippen LogP contribution >= 0.6 is 11.3 Å². The largest absolute Gasteiger partial charge is 0.497 e. The summed E-state index contributed by atoms with van der Waals surface area (Å²) in [6, 6.07) is 5.51. The quantitative estimate of drug-likeness (QED) is 0.878. The third-order valence-electron chi connectivity index (χ3n) is 2.82. The third-order valence-corrected chi connectivity index (χ3v) is 4.76. The predicted molar refractivity (Wildman–Crippen MR) is 84.1 cm³/mol. The van der Waals surface area contributed by atoms with Crippen molar-refractivity contribution >= 4 is 43.8 Å². The van der Waals surface area contributed by atoms with Gasteiger partial charge in [0.15, 0.2) is 0 Å². The molecule has 3 N–H and O–H groups in total. The highest BCUT2D eigenvalue weighted by Gasteiger charge is 2.16. The van der Waals surface area contributed by atoms with Gasteiger partial charge in [0.05, 0.1) is 12.8 Å². The van der Waals surface area contributed by atoms with Crippen LogP contribution in [0.1, 0.15) is 9.67 Å². The molecule has 1 atom stereocenters. The Kier molecular flexibility index (Phi) is 4.61. The minimum Gasteiger partial charge on any atom is -0.497 e. The lowest BCUT2D eigenvalue weighted by molar-refractivity contribution is 0.0961. The number of ether oxygens (including phenoxy) is 1. The van der Waals surface area contributed by atoms with Crippen LogP contribution in [0.5, 0.6) is 5.75 Å². The van der Waals surface area contributed by atoms with Crippen molar-refractivity contribution < 1.29 is 13.7 Å². The molecule has 108 valence electrons. The summed E-state index contributed by atoms with van der Waals surface area (Å²) in [6.07, 6.45) is 1.60. The molecular formula is C13H16N2O3S2. The minimum atomic E-state index is -0.922. The molecule has 2 rings (SSSR count). The summed E-state index contributed by atoms with van der Waals surface area (Å²) in [5.74, 6) is 0.935. The van der Waals surface area contributed by atoms with Crippen LogP contribution in [0.4, 0.5) is 5.69 Å². The van der Waals surface area contributed by atoms with E-state index in [1.807, 2.05) is 18.2 Å². The Labute approximate surface area is 123 Å². The van der Waals surface area contributed by atoms with Crippen molar-refractivity contribution in [2.24, 2.45) is 0 Å². The molecule has 1 unspecified atom stereocenters. The molecule has 1 heterocycles. The lowest BCUT2D eigenvalue weighted by Gasteiger charge is -2.02. The molecule has 2 aromatic rings. The van der Waals surface area contributed by atoms with Gasteiger partial charge in [0, 0.05) is 39.4 Å². The lowest BCUT2D eigenvalue weighted by atomic mass is 10.2. The molecule has 5 nitrogen and oxygen atoms in total. The maximum absolute atomic E-state index is 12.1. The van der Waals surface area contributed by atoms with Crippen molar-refractivity contribution in [1.29, 1.82) is 0 Å². The van der Waals surface area contributed by atoms with E-state index in [1.165, 1.54) is 11.3 Å². The number of benzene rings is 1. The number of nitrogens with two attached hydrogens (primary N) is 1. The molecule has 1 aromatic heterocycles. The zero-order chi connectivity index (χ0) is 14.7. The van der Waals surface area contributed by atoms with Crippen LogP contribution in [-0.4, -0.2) is 35.8 Å². The van der Waals surface area contributed by atoms with Crippen molar-refractivity contribution in [3.8, 4) is 5.75 Å². The first-order valence-corrected chi connectivity index (χ1v) is 8.51. The monoisotopic (exact) mass is 312 g/mol. The number of anilines is 1. The molecule has 1 aromatic carbocycles. The molecule has 0 spiro atoms. The molecular weight excluding hydrogens is 296 g/mol. The Hall–Kier alpha value is -1.60. The van der Waals surface area contributed by atoms with E-state index in [9.17, 15) is 9.00 Å². The van der Waals surface area contributed by atoms with Crippen molar-refractivity contribution in [1.82, 2.24) is 5.32 Å². The van der Waals surface area contributed by atoms with Gasteiger partial charge in [-0.25, -0.2) is 0 Å². The number of methoxy groups -OCH3 is 1. The molecule has 0 aliphatic carbocycles. The lowest BCUT2D eigenvalue weighted by Crippen LogP contribution is -2.27. The van der Waals surface area contributed by atoms with Gasteiger partial charge in [-0.05, 0) is 18.2 Å². The first kappa shape index (κ1) is 14.8. The molecule has 0 fully saturated rings. The molecule has 0 aliphatic heterocycles. The summed E-state index contributed by atoms with van der Waals surface area (Å²) in [6.45, 7) is 0.374. The van der Waals surface area contributed by atoms with Crippen molar-refractivity contribution in [3.05, 3.63) is 23.1 Å². The van der Waals surface area contributed by atoms with Gasteiger partial charge in [0.1, 0.15) is 10.6 Å². The highest BCUT2D eigenvalue weighted by molar-refractivity contribution is 7.84. The van der Waals surface area contributed by atoms with Crippen molar-refractivity contribution in [3.63, 3.8) is 0 Å². The number of thiophene rings is 1. The summed E-state index contributed by atoms with van der Waals surface area (Å²) in [5, 5.41) is 3.58. The summed E-state index contributed by atoms with van der Waals surface area (Å²) < 4.78 is 17.0. The molecule has 0 saturated heterocycles. The van der Waals surface area contributed by atoms with Gasteiger partial charge in [-0.1, -0.05) is 0 Å². The van der Waals surface area contributed by atoms with Crippen molar-refractivity contribution in [2.75, 3.05) is 31.4 Å². The van der Waals surface area contributed by atoms with E-state index in [0.717, 1.165) is 15.8 Å². The highest BCUT2D eigenvalue weighted by atomic mass is 32.2. The number of hydrogen-bond acceptors (Lipinski definition) is 5. The standard InChI is InChI=1S/C13H16N2O3S2/c1-18-8-3-4-9-10(7-8)19-12(11(9)14)13(16)15-5-6-20(2)17/h3-4,7H,5-6,14H2,1-2H3,(H,15,16). The Morgan fingerprint density at radius 1 is 1.50 bits per heavy atom. The molecule has 0 bridgehead atoms. The fourth-order valence-electron chi connectivity index (χ4n) is 1.78. The van der Waals surface area contributed by atoms with Crippen molar-refractivity contribution in [2.45, 2.75) is 0 Å². The van der Waals surface area contributed by atoms with Gasteiger partial charge >= 0.3 is 0 Å². The second-order valence-corrected chi connectivity index (χ2v) is 6.85. The molecule has 7 heteroatoms. The van der Waals surface area contributed by atoms with Gasteiger partial charge < -0.3 is 15.8 Å². The fourth-order valence-corrected chi connectivity index (χ4v) is 3.24. The van der Waals surface area contributed by atoms with E-state index in [1.54, 1.807) is 13.4 Å². The third kappa shape index (κ3) is 3.10. The van der Waals surface area contributed by atoms with Gasteiger partial charge in [-0.3, -0.25) is 9.00 Å². The van der Waals surface area contributed by atoms with Crippen LogP contribution in [0.3, 0.4) is 0 Å². The second kappa shape index (κ2) is 6.23. The predicted octanol–water partition coefficient (Wildman–Crippen LogP) is 1.60. The first-order valence-electron chi connectivity index (χ1n) is 5.97. The summed E-state index contributed by atoms with van der Waals surface area (Å²) in [7, 11) is 0.672. The Morgan fingerprint density at radius 3 is 2.90 bits per heavy atom. The van der Waals surface area contributed by atoms with Crippen LogP contribution < -0.4 is 15.8 Å². The normalized spacial score (nSPS) is 12.3. The molecule has 0 saturated carbocycles. The summed E-state index contributed by atoms with van der Waals surface area (Å²) in [5.41, 5.74) is 6.49. The van der Waals surface area contributed by atoms with Crippen LogP contribution in [0.15, 0.2) is 18.2 Å². The average Bonchev–Trinajstić information content (AvgIpc) is 2.75. The number of nitrogen functional groups attached to an aromatic ring is 1. The van der Waals surface area contributed by atoms with E-state index in [-0.39, 0.29) is 5.91 Å². The summed E-state index contributed by atoms with van der Waals surface area (Å²) in [4.78, 5) is 12.5. The van der Waals surface area contributed by atoms with Crippen LogP contribution in [-0.2, 0) is 10.8 Å². The molecule has 1 amide bonds. The molecule has 0 radical (unpaired) electrons. The smallest absolute Gasteiger partial charge is 0.263 e. The number of carbonyl (C=O) groups is 1. The number of amides is 1. The number of fused-ring (bicyclic) bond motifs is 1. The SMILES string of the molecule is COc1ccc2c(N)c(C(=O)NCCS(C)=O)sc2c1. The number of carbonyl (C=O) groups excluding carboxylic acids is 1. The van der Waals surface area contributed by atoms with E-state index in [4.69, 9.17) is 10.5 Å². The zero-order valence-corrected chi connectivity index (χ0v) is 12.9. The Bertz CT molecular complexity index is 667. The van der Waals surface area contributed by atoms with Crippen LogP contribution in [0, 0.1) is 0 Å². The van der Waals surface area contributed by atoms with E-state index in [0.29, 0.717) is 22.9 Å². The zero-order valence-electron chi connectivity index (χ0n) is 11.3. The second-order valence-electron chi connectivity index (χ2n) is 4.24. The maximum Gasteiger partial charge on any atom is 0.263 e. The van der Waals surface area contributed by atoms with E-state index in [2.05, 4.69) is 5.32 Å². The first-order chi connectivity index (χ1) is 9.52. The molecule has 20 heavy (non-hydrogen) atoms. The number of hydrogen-bond donors (Lipinski definition) is 2. The summed E-state index contributed by atoms with van der Waals surface area (Å²) >= 11 is 1.33. The Balaban J connectivity index is 2.23. The average molecular weight is 312 g/mol. The van der Waals surface area contributed by atoms with E-state index < -0.39 is 10.8 Å². The van der Waals surface area contributed by atoms with Gasteiger partial charge in [0.25, 0.3) is 5.91 Å². The fraction of sp³-hybridized carbons (Fsp3) is 0.308. The number of rotatable bonds is 5. The topological polar surface area (TPSA) is 81.4 Å².